The van der Waals surface area contributed by atoms with Gasteiger partial charge in [-0.25, -0.2) is 0 Å². The molecule has 0 aliphatic heterocycles. The van der Waals surface area contributed by atoms with Crippen LogP contribution in [0.25, 0.3) is 0 Å². The van der Waals surface area contributed by atoms with Crippen molar-refractivity contribution in [2.75, 3.05) is 41.4 Å². The predicted octanol–water partition coefficient (Wildman–Crippen LogP) is 1.66. The standard InChI is InChI=1S/C16H26N2O3/c1-16(2,15(19)18(4)10-9-17-3)12-7-8-13(20-5)14(11-12)21-6/h7-8,11,17H,9-10H2,1-6H3. The minimum absolute atomic E-state index is 0.0740. The Balaban J connectivity index is 3.03. The van der Waals surface area contributed by atoms with Gasteiger partial charge in [-0.3, -0.25) is 4.79 Å². The molecule has 1 aromatic carbocycles. The van der Waals surface area contributed by atoms with E-state index in [0.29, 0.717) is 18.0 Å². The summed E-state index contributed by atoms with van der Waals surface area (Å²) in [6, 6.07) is 5.60. The number of nitrogens with one attached hydrogen (secondary N) is 1. The first-order chi connectivity index (χ1) is 9.88. The molecule has 0 saturated carbocycles. The molecule has 0 atom stereocenters. The summed E-state index contributed by atoms with van der Waals surface area (Å²) in [5.41, 5.74) is 0.281. The monoisotopic (exact) mass is 294 g/mol. The quantitative estimate of drug-likeness (QED) is 0.831. The van der Waals surface area contributed by atoms with E-state index >= 15 is 0 Å². The Kier molecular flexibility index (Phi) is 6.03. The lowest BCUT2D eigenvalue weighted by Crippen LogP contribution is -2.43. The van der Waals surface area contributed by atoms with E-state index in [1.165, 1.54) is 0 Å². The number of carbonyl (C=O) groups is 1. The third-order valence-electron chi connectivity index (χ3n) is 3.68. The Morgan fingerprint density at radius 2 is 1.86 bits per heavy atom. The van der Waals surface area contributed by atoms with E-state index < -0.39 is 5.41 Å². The Morgan fingerprint density at radius 3 is 2.38 bits per heavy atom. The van der Waals surface area contributed by atoms with Crippen LogP contribution in [0.4, 0.5) is 0 Å². The molecular formula is C16H26N2O3. The van der Waals surface area contributed by atoms with Gasteiger partial charge in [0.05, 0.1) is 19.6 Å². The smallest absolute Gasteiger partial charge is 0.232 e. The fourth-order valence-corrected chi connectivity index (χ4v) is 2.21. The summed E-state index contributed by atoms with van der Waals surface area (Å²) in [4.78, 5) is 14.4. The molecule has 0 unspecified atom stereocenters. The maximum Gasteiger partial charge on any atom is 0.232 e. The van der Waals surface area contributed by atoms with Crippen LogP contribution in [0.2, 0.25) is 0 Å². The predicted molar refractivity (Wildman–Crippen MR) is 84.1 cm³/mol. The van der Waals surface area contributed by atoms with Crippen LogP contribution in [-0.4, -0.2) is 52.2 Å². The fourth-order valence-electron chi connectivity index (χ4n) is 2.21. The van der Waals surface area contributed by atoms with Gasteiger partial charge in [-0.1, -0.05) is 6.07 Å². The number of nitrogens with zero attached hydrogens (tertiary/aromatic N) is 1. The normalized spacial score (nSPS) is 11.1. The molecule has 0 aliphatic carbocycles. The highest BCUT2D eigenvalue weighted by atomic mass is 16.5. The molecule has 1 rings (SSSR count). The van der Waals surface area contributed by atoms with E-state index in [9.17, 15) is 4.79 Å². The van der Waals surface area contributed by atoms with E-state index in [4.69, 9.17) is 9.47 Å². The van der Waals surface area contributed by atoms with Crippen molar-refractivity contribution in [1.82, 2.24) is 10.2 Å². The Bertz CT molecular complexity index is 486. The highest BCUT2D eigenvalue weighted by Gasteiger charge is 2.32. The maximum atomic E-state index is 12.7. The van der Waals surface area contributed by atoms with Crippen molar-refractivity contribution in [1.29, 1.82) is 0 Å². The maximum absolute atomic E-state index is 12.7. The molecule has 0 aliphatic rings. The molecule has 0 heterocycles. The minimum atomic E-state index is -0.623. The van der Waals surface area contributed by atoms with Gasteiger partial charge in [-0.2, -0.15) is 0 Å². The summed E-state index contributed by atoms with van der Waals surface area (Å²) >= 11 is 0. The Hall–Kier alpha value is -1.75. The van der Waals surface area contributed by atoms with Crippen LogP contribution in [0, 0.1) is 0 Å². The zero-order valence-corrected chi connectivity index (χ0v) is 13.8. The first kappa shape index (κ1) is 17.3. The molecule has 0 bridgehead atoms. The average molecular weight is 294 g/mol. The zero-order valence-electron chi connectivity index (χ0n) is 13.8. The lowest BCUT2D eigenvalue weighted by Gasteiger charge is -2.30. The first-order valence-electron chi connectivity index (χ1n) is 7.01. The van der Waals surface area contributed by atoms with Gasteiger partial charge in [0.25, 0.3) is 0 Å². The lowest BCUT2D eigenvalue weighted by molar-refractivity contribution is -0.134. The molecule has 118 valence electrons. The number of likely N-dealkylation sites (N-methyl/N-ethyl adjacent to an activating group) is 2. The summed E-state index contributed by atoms with van der Waals surface area (Å²) in [5, 5.41) is 3.05. The Labute approximate surface area is 127 Å². The van der Waals surface area contributed by atoms with Crippen molar-refractivity contribution in [3.05, 3.63) is 23.8 Å². The molecule has 0 aromatic heterocycles. The van der Waals surface area contributed by atoms with Gasteiger partial charge in [0.15, 0.2) is 11.5 Å². The number of methoxy groups -OCH3 is 2. The number of hydrogen-bond donors (Lipinski definition) is 1. The molecule has 5 heteroatoms. The molecule has 0 fully saturated rings. The van der Waals surface area contributed by atoms with Gasteiger partial charge in [0, 0.05) is 20.1 Å². The second kappa shape index (κ2) is 7.31. The van der Waals surface area contributed by atoms with Crippen molar-refractivity contribution >= 4 is 5.91 Å². The summed E-state index contributed by atoms with van der Waals surface area (Å²) < 4.78 is 10.6. The largest absolute Gasteiger partial charge is 0.493 e. The van der Waals surface area contributed by atoms with Crippen LogP contribution in [-0.2, 0) is 10.2 Å². The minimum Gasteiger partial charge on any atom is -0.493 e. The second-order valence-corrected chi connectivity index (χ2v) is 5.53. The molecule has 1 aromatic rings. The van der Waals surface area contributed by atoms with E-state index in [0.717, 1.165) is 12.1 Å². The zero-order chi connectivity index (χ0) is 16.0. The third-order valence-corrected chi connectivity index (χ3v) is 3.68. The third kappa shape index (κ3) is 3.88. The molecule has 0 radical (unpaired) electrons. The van der Waals surface area contributed by atoms with Crippen molar-refractivity contribution in [3.63, 3.8) is 0 Å². The van der Waals surface area contributed by atoms with Gasteiger partial charge < -0.3 is 19.7 Å². The molecular weight excluding hydrogens is 268 g/mol. The summed E-state index contributed by atoms with van der Waals surface area (Å²) in [7, 11) is 6.88. The summed E-state index contributed by atoms with van der Waals surface area (Å²) in [6.07, 6.45) is 0. The molecule has 0 spiro atoms. The number of amides is 1. The highest BCUT2D eigenvalue weighted by molar-refractivity contribution is 5.87. The van der Waals surface area contributed by atoms with E-state index in [-0.39, 0.29) is 5.91 Å². The van der Waals surface area contributed by atoms with Crippen LogP contribution in [0.5, 0.6) is 11.5 Å². The topological polar surface area (TPSA) is 50.8 Å². The summed E-state index contributed by atoms with van der Waals surface area (Å²) in [5.74, 6) is 1.37. The van der Waals surface area contributed by atoms with Gasteiger partial charge >= 0.3 is 0 Å². The van der Waals surface area contributed by atoms with Crippen LogP contribution in [0.1, 0.15) is 19.4 Å². The van der Waals surface area contributed by atoms with Gasteiger partial charge in [-0.15, -0.1) is 0 Å². The number of carbonyl (C=O) groups excluding carboxylic acids is 1. The summed E-state index contributed by atoms with van der Waals surface area (Å²) in [6.45, 7) is 5.29. The van der Waals surface area contributed by atoms with Gasteiger partial charge in [-0.05, 0) is 38.6 Å². The molecule has 1 N–H and O–H groups in total. The first-order valence-corrected chi connectivity index (χ1v) is 7.01. The van der Waals surface area contributed by atoms with E-state index in [2.05, 4.69) is 5.32 Å². The van der Waals surface area contributed by atoms with Gasteiger partial charge in [0.1, 0.15) is 0 Å². The number of hydrogen-bond acceptors (Lipinski definition) is 4. The Morgan fingerprint density at radius 1 is 1.24 bits per heavy atom. The number of rotatable bonds is 7. The van der Waals surface area contributed by atoms with Crippen LogP contribution < -0.4 is 14.8 Å². The van der Waals surface area contributed by atoms with Crippen molar-refractivity contribution in [3.8, 4) is 11.5 Å². The molecule has 0 saturated heterocycles. The second-order valence-electron chi connectivity index (χ2n) is 5.53. The average Bonchev–Trinajstić information content (AvgIpc) is 2.50. The van der Waals surface area contributed by atoms with E-state index in [1.54, 1.807) is 19.1 Å². The lowest BCUT2D eigenvalue weighted by atomic mass is 9.83. The SMILES string of the molecule is CNCCN(C)C(=O)C(C)(C)c1ccc(OC)c(OC)c1. The molecule has 21 heavy (non-hydrogen) atoms. The van der Waals surface area contributed by atoms with Crippen LogP contribution in [0.3, 0.4) is 0 Å². The molecule has 1 amide bonds. The molecule has 5 nitrogen and oxygen atoms in total. The van der Waals surface area contributed by atoms with Crippen molar-refractivity contribution < 1.29 is 14.3 Å². The fraction of sp³-hybridized carbons (Fsp3) is 0.562. The van der Waals surface area contributed by atoms with Crippen LogP contribution in [0.15, 0.2) is 18.2 Å². The van der Waals surface area contributed by atoms with Crippen molar-refractivity contribution in [2.45, 2.75) is 19.3 Å². The van der Waals surface area contributed by atoms with E-state index in [1.807, 2.05) is 46.1 Å². The number of benzene rings is 1. The highest BCUT2D eigenvalue weighted by Crippen LogP contribution is 2.34. The van der Waals surface area contributed by atoms with Gasteiger partial charge in [0.2, 0.25) is 5.91 Å². The number of ether oxygens (including phenoxy) is 2. The van der Waals surface area contributed by atoms with Crippen LogP contribution >= 0.6 is 0 Å². The van der Waals surface area contributed by atoms with Crippen molar-refractivity contribution in [2.24, 2.45) is 0 Å².